The second-order valence-corrected chi connectivity index (χ2v) is 9.35. The zero-order chi connectivity index (χ0) is 27.3. The Bertz CT molecular complexity index is 1360. The molecule has 0 amide bonds. The normalized spacial score (nSPS) is 36.0. The summed E-state index contributed by atoms with van der Waals surface area (Å²) in [6.45, 7) is 0.762. The van der Waals surface area contributed by atoms with E-state index >= 15 is 0 Å². The van der Waals surface area contributed by atoms with Crippen LogP contribution in [0.5, 0.6) is 11.5 Å². The summed E-state index contributed by atoms with van der Waals surface area (Å²) in [5.41, 5.74) is -0.122. The van der Waals surface area contributed by atoms with Gasteiger partial charge in [-0.15, -0.1) is 0 Å². The number of phenols is 1. The number of hydrogen-bond acceptors (Lipinski definition) is 13. The fourth-order valence-electron chi connectivity index (χ4n) is 4.65. The van der Waals surface area contributed by atoms with Crippen molar-refractivity contribution in [2.45, 2.75) is 68.3 Å². The van der Waals surface area contributed by atoms with E-state index in [2.05, 4.69) is 0 Å². The van der Waals surface area contributed by atoms with Crippen molar-refractivity contribution in [2.75, 3.05) is 6.61 Å². The Hall–Kier alpha value is -2.85. The number of benzene rings is 2. The van der Waals surface area contributed by atoms with Gasteiger partial charge in [-0.2, -0.15) is 0 Å². The highest BCUT2D eigenvalue weighted by Crippen LogP contribution is 2.32. The summed E-state index contributed by atoms with van der Waals surface area (Å²) in [5.74, 6) is -0.212. The molecule has 0 bridgehead atoms. The Labute approximate surface area is 214 Å². The summed E-state index contributed by atoms with van der Waals surface area (Å²) in [4.78, 5) is 13.1. The molecule has 2 fully saturated rings. The number of aliphatic hydroxyl groups excluding tert-OH is 6. The topological polar surface area (TPSA) is 209 Å². The third kappa shape index (κ3) is 4.62. The van der Waals surface area contributed by atoms with Gasteiger partial charge in [-0.05, 0) is 37.3 Å². The summed E-state index contributed by atoms with van der Waals surface area (Å²) in [6, 6.07) is 8.65. The van der Waals surface area contributed by atoms with E-state index in [9.17, 15) is 40.5 Å². The van der Waals surface area contributed by atoms with Gasteiger partial charge in [0, 0.05) is 0 Å². The second-order valence-electron chi connectivity index (χ2n) is 9.35. The van der Waals surface area contributed by atoms with Crippen LogP contribution in [-0.4, -0.2) is 104 Å². The molecule has 0 unspecified atom stereocenters. The smallest absolute Gasteiger partial charge is 0.229 e. The van der Waals surface area contributed by atoms with Crippen LogP contribution in [0.3, 0.4) is 0 Å². The average Bonchev–Trinajstić information content (AvgIpc) is 2.90. The molecule has 10 atom stereocenters. The zero-order valence-corrected chi connectivity index (χ0v) is 20.0. The first-order valence-electron chi connectivity index (χ1n) is 11.9. The van der Waals surface area contributed by atoms with Gasteiger partial charge in [0.15, 0.2) is 12.4 Å². The maximum atomic E-state index is 13.1. The Kier molecular flexibility index (Phi) is 7.30. The van der Waals surface area contributed by atoms with Crippen molar-refractivity contribution in [3.8, 4) is 11.5 Å². The van der Waals surface area contributed by atoms with Crippen LogP contribution >= 0.6 is 0 Å². The Morgan fingerprint density at radius 2 is 1.63 bits per heavy atom. The third-order valence-electron chi connectivity index (χ3n) is 6.82. The van der Waals surface area contributed by atoms with Gasteiger partial charge in [0.05, 0.1) is 18.1 Å². The van der Waals surface area contributed by atoms with Crippen molar-refractivity contribution in [3.05, 3.63) is 46.6 Å². The van der Waals surface area contributed by atoms with Crippen molar-refractivity contribution in [3.63, 3.8) is 0 Å². The minimum atomic E-state index is -1.71. The molecule has 0 saturated carbocycles. The van der Waals surface area contributed by atoms with Gasteiger partial charge in [-0.1, -0.05) is 6.07 Å². The number of aliphatic hydroxyl groups is 6. The van der Waals surface area contributed by atoms with E-state index < -0.39 is 73.4 Å². The first-order valence-corrected chi connectivity index (χ1v) is 11.9. The Balaban J connectivity index is 1.47. The molecule has 5 rings (SSSR count). The summed E-state index contributed by atoms with van der Waals surface area (Å²) in [5, 5.41) is 71.4. The van der Waals surface area contributed by atoms with E-state index in [1.807, 2.05) is 0 Å². The molecule has 13 heteroatoms. The highest BCUT2D eigenvalue weighted by Gasteiger charge is 2.50. The lowest BCUT2D eigenvalue weighted by Gasteiger charge is -2.45. The molecule has 2 aromatic carbocycles. The molecule has 0 spiro atoms. The molecule has 2 aliphatic heterocycles. The van der Waals surface area contributed by atoms with Gasteiger partial charge in [-0.3, -0.25) is 4.79 Å². The molecule has 13 nitrogen and oxygen atoms in total. The lowest BCUT2D eigenvalue weighted by Crippen LogP contribution is -2.64. The number of phenolic OH excluding ortho intramolecular Hbond substituents is 1. The minimum absolute atomic E-state index is 0.0236. The predicted octanol–water partition coefficient (Wildman–Crippen LogP) is -1.32. The van der Waals surface area contributed by atoms with E-state index in [1.165, 1.54) is 37.3 Å². The number of fused-ring (bicyclic) bond motifs is 2. The quantitative estimate of drug-likeness (QED) is 0.189. The summed E-state index contributed by atoms with van der Waals surface area (Å²) in [7, 11) is 0. The van der Waals surface area contributed by atoms with Crippen LogP contribution in [0.2, 0.25) is 0 Å². The number of aromatic hydroxyl groups is 1. The minimum Gasteiger partial charge on any atom is -0.507 e. The van der Waals surface area contributed by atoms with E-state index in [4.69, 9.17) is 23.4 Å². The highest BCUT2D eigenvalue weighted by molar-refractivity contribution is 5.93. The monoisotopic (exact) mass is 536 g/mol. The van der Waals surface area contributed by atoms with Gasteiger partial charge < -0.3 is 59.1 Å². The summed E-state index contributed by atoms with van der Waals surface area (Å²) < 4.78 is 28.3. The largest absolute Gasteiger partial charge is 0.507 e. The van der Waals surface area contributed by atoms with Crippen molar-refractivity contribution in [2.24, 2.45) is 0 Å². The number of hydrogen-bond donors (Lipinski definition) is 7. The van der Waals surface area contributed by atoms with Gasteiger partial charge in [0.1, 0.15) is 64.7 Å². The van der Waals surface area contributed by atoms with Gasteiger partial charge in [-0.25, -0.2) is 0 Å². The first kappa shape index (κ1) is 26.7. The van der Waals surface area contributed by atoms with Crippen LogP contribution in [-0.2, 0) is 14.2 Å². The molecular formula is C25H28O13. The van der Waals surface area contributed by atoms with Crippen LogP contribution in [0, 0.1) is 0 Å². The molecule has 1 aromatic heterocycles. The predicted molar refractivity (Wildman–Crippen MR) is 127 cm³/mol. The molecule has 3 aromatic rings. The van der Waals surface area contributed by atoms with Crippen molar-refractivity contribution in [1.29, 1.82) is 0 Å². The van der Waals surface area contributed by atoms with Crippen molar-refractivity contribution < 1.29 is 59.1 Å². The number of rotatable bonds is 5. The maximum Gasteiger partial charge on any atom is 0.229 e. The third-order valence-corrected chi connectivity index (χ3v) is 6.82. The van der Waals surface area contributed by atoms with E-state index in [0.29, 0.717) is 0 Å². The van der Waals surface area contributed by atoms with E-state index in [-0.39, 0.29) is 33.4 Å². The van der Waals surface area contributed by atoms with Crippen LogP contribution in [0.25, 0.3) is 21.9 Å². The SMILES string of the molecule is C[C@@H]1O[C@@H](O[C@H]2[C@@H](Oc3ccc4oc5cccc(O)c5c(=O)c4c3)O[C@@H](CO)[C@H](O)[C@H]2O)[C@@H](O)[C@@H](O)[C@H]1O. The molecule has 0 aliphatic carbocycles. The molecule has 2 aliphatic rings. The van der Waals surface area contributed by atoms with E-state index in [0.717, 1.165) is 0 Å². The molecular weight excluding hydrogens is 508 g/mol. The molecule has 206 valence electrons. The van der Waals surface area contributed by atoms with E-state index in [1.54, 1.807) is 6.07 Å². The van der Waals surface area contributed by atoms with Crippen LogP contribution in [0.15, 0.2) is 45.6 Å². The fraction of sp³-hybridized carbons (Fsp3) is 0.480. The van der Waals surface area contributed by atoms with Crippen molar-refractivity contribution >= 4 is 21.9 Å². The Morgan fingerprint density at radius 1 is 0.868 bits per heavy atom. The molecule has 3 heterocycles. The molecule has 2 saturated heterocycles. The Morgan fingerprint density at radius 3 is 2.37 bits per heavy atom. The molecule has 0 radical (unpaired) electrons. The van der Waals surface area contributed by atoms with Crippen molar-refractivity contribution in [1.82, 2.24) is 0 Å². The standard InChI is InChI=1S/C25H28O13/c1-9-17(28)20(31)22(33)24(34-9)38-23-21(32)19(30)15(8-26)37-25(23)35-10-5-6-13-11(7-10)18(29)16-12(27)3-2-4-14(16)36-13/h2-7,9,15,17,19-28,30-33H,8H2,1H3/t9-,15-,17-,19-,20-,21+,22-,23+,24-,25-/m0/s1. The van der Waals surface area contributed by atoms with Crippen LogP contribution in [0.4, 0.5) is 0 Å². The van der Waals surface area contributed by atoms with Gasteiger partial charge >= 0.3 is 0 Å². The second kappa shape index (κ2) is 10.4. The van der Waals surface area contributed by atoms with Gasteiger partial charge in [0.25, 0.3) is 0 Å². The van der Waals surface area contributed by atoms with Crippen LogP contribution < -0.4 is 10.2 Å². The highest BCUT2D eigenvalue weighted by atomic mass is 16.8. The lowest BCUT2D eigenvalue weighted by atomic mass is 9.97. The average molecular weight is 536 g/mol. The summed E-state index contributed by atoms with van der Waals surface area (Å²) in [6.07, 6.45) is -14.8. The fourth-order valence-corrected chi connectivity index (χ4v) is 4.65. The zero-order valence-electron chi connectivity index (χ0n) is 20.0. The number of ether oxygens (including phenoxy) is 4. The lowest BCUT2D eigenvalue weighted by molar-refractivity contribution is -0.354. The summed E-state index contributed by atoms with van der Waals surface area (Å²) >= 11 is 0. The van der Waals surface area contributed by atoms with Gasteiger partial charge in [0.2, 0.25) is 11.7 Å². The van der Waals surface area contributed by atoms with Crippen LogP contribution in [0.1, 0.15) is 6.92 Å². The maximum absolute atomic E-state index is 13.1. The molecule has 38 heavy (non-hydrogen) atoms. The molecule has 7 N–H and O–H groups in total. The first-order chi connectivity index (χ1) is 18.1.